The van der Waals surface area contributed by atoms with Crippen LogP contribution in [0, 0.1) is 0 Å². The number of thiophene rings is 1. The fraction of sp³-hybridized carbons (Fsp3) is 0.0667. The smallest absolute Gasteiger partial charge is 0.0994 e. The van der Waals surface area contributed by atoms with Crippen LogP contribution in [0.4, 0.5) is 0 Å². The molecule has 0 saturated carbocycles. The molecule has 0 bridgehead atoms. The molecule has 0 N–H and O–H groups in total. The highest BCUT2D eigenvalue weighted by atomic mass is 79.9. The molecule has 20 heavy (non-hydrogen) atoms. The van der Waals surface area contributed by atoms with Crippen molar-refractivity contribution in [1.29, 1.82) is 0 Å². The second-order valence-corrected chi connectivity index (χ2v) is 8.03. The lowest BCUT2D eigenvalue weighted by Gasteiger charge is -2.10. The van der Waals surface area contributed by atoms with Crippen molar-refractivity contribution in [1.82, 2.24) is 0 Å². The molecule has 0 spiro atoms. The van der Waals surface area contributed by atoms with E-state index in [0.717, 1.165) is 21.0 Å². The maximum atomic E-state index is 6.54. The Bertz CT molecular complexity index is 782. The minimum atomic E-state index is -0.292. The second-order valence-electron chi connectivity index (χ2n) is 4.39. The Labute approximate surface area is 144 Å². The zero-order valence-electron chi connectivity index (χ0n) is 10.0. The fourth-order valence-corrected chi connectivity index (χ4v) is 4.44. The lowest BCUT2D eigenvalue weighted by molar-refractivity contribution is 1.16. The van der Waals surface area contributed by atoms with Gasteiger partial charge in [0.15, 0.2) is 0 Å². The second kappa shape index (κ2) is 5.86. The van der Waals surface area contributed by atoms with Gasteiger partial charge in [0.2, 0.25) is 0 Å². The number of fused-ring (bicyclic) bond motifs is 1. The minimum Gasteiger partial charge on any atom is -0.113 e. The molecule has 3 aromatic rings. The third-order valence-corrected chi connectivity index (χ3v) is 5.57. The molecule has 0 nitrogen and oxygen atoms in total. The van der Waals surface area contributed by atoms with Crippen LogP contribution >= 0.6 is 62.1 Å². The monoisotopic (exact) mass is 404 g/mol. The van der Waals surface area contributed by atoms with E-state index >= 15 is 0 Å². The zero-order valence-corrected chi connectivity index (χ0v) is 14.7. The minimum absolute atomic E-state index is 0.292. The molecule has 1 atom stereocenters. The molecular weight excluding hydrogens is 398 g/mol. The van der Waals surface area contributed by atoms with Gasteiger partial charge in [-0.2, -0.15) is 0 Å². The van der Waals surface area contributed by atoms with Crippen LogP contribution in [0.5, 0.6) is 0 Å². The Hall–Kier alpha value is -0.250. The molecule has 3 rings (SSSR count). The van der Waals surface area contributed by atoms with Gasteiger partial charge in [-0.3, -0.25) is 0 Å². The fourth-order valence-electron chi connectivity index (χ4n) is 2.10. The summed E-state index contributed by atoms with van der Waals surface area (Å²) in [5.41, 5.74) is 1.87. The summed E-state index contributed by atoms with van der Waals surface area (Å²) in [6, 6.07) is 14.2. The van der Waals surface area contributed by atoms with Gasteiger partial charge < -0.3 is 0 Å². The van der Waals surface area contributed by atoms with Crippen LogP contribution in [0.1, 0.15) is 16.5 Å². The van der Waals surface area contributed by atoms with E-state index in [0.29, 0.717) is 8.67 Å². The average molecular weight is 407 g/mol. The van der Waals surface area contributed by atoms with Crippen molar-refractivity contribution in [2.75, 3.05) is 0 Å². The van der Waals surface area contributed by atoms with Crippen LogP contribution < -0.4 is 0 Å². The molecule has 102 valence electrons. The summed E-state index contributed by atoms with van der Waals surface area (Å²) in [4.78, 5) is 0. The number of rotatable bonds is 2. The Morgan fingerprint density at radius 3 is 2.35 bits per heavy atom. The standard InChI is InChI=1S/C15H8BrCl3S/c16-11-4-3-8-5-10(2-1-9(8)6-11)14(18)12-7-13(17)20-15(12)19/h1-7,14H. The SMILES string of the molecule is Clc1cc(C(Cl)c2ccc3cc(Br)ccc3c2)c(Cl)s1. The number of benzene rings is 2. The zero-order chi connectivity index (χ0) is 14.3. The molecular formula is C15H8BrCl3S. The van der Waals surface area contributed by atoms with Crippen molar-refractivity contribution >= 4 is 72.8 Å². The lowest BCUT2D eigenvalue weighted by Crippen LogP contribution is -1.92. The normalized spacial score (nSPS) is 12.8. The van der Waals surface area contributed by atoms with Gasteiger partial charge in [-0.1, -0.05) is 57.3 Å². The predicted octanol–water partition coefficient (Wildman–Crippen LogP) is 7.30. The van der Waals surface area contributed by atoms with Crippen LogP contribution in [-0.4, -0.2) is 0 Å². The van der Waals surface area contributed by atoms with Crippen molar-refractivity contribution in [3.05, 3.63) is 66.7 Å². The average Bonchev–Trinajstić information content (AvgIpc) is 2.76. The number of hydrogen-bond acceptors (Lipinski definition) is 1. The van der Waals surface area contributed by atoms with Gasteiger partial charge in [-0.05, 0) is 40.6 Å². The molecule has 1 heterocycles. The lowest BCUT2D eigenvalue weighted by atomic mass is 10.0. The summed E-state index contributed by atoms with van der Waals surface area (Å²) >= 11 is 23.5. The maximum absolute atomic E-state index is 6.54. The van der Waals surface area contributed by atoms with Crippen LogP contribution in [0.3, 0.4) is 0 Å². The largest absolute Gasteiger partial charge is 0.113 e. The van der Waals surface area contributed by atoms with Crippen LogP contribution in [-0.2, 0) is 0 Å². The number of alkyl halides is 1. The van der Waals surface area contributed by atoms with Crippen molar-refractivity contribution < 1.29 is 0 Å². The van der Waals surface area contributed by atoms with E-state index in [1.165, 1.54) is 16.7 Å². The first-order valence-electron chi connectivity index (χ1n) is 5.82. The molecule has 0 saturated heterocycles. The van der Waals surface area contributed by atoms with Crippen molar-refractivity contribution in [2.45, 2.75) is 5.38 Å². The van der Waals surface area contributed by atoms with Crippen molar-refractivity contribution in [2.24, 2.45) is 0 Å². The van der Waals surface area contributed by atoms with Gasteiger partial charge in [-0.25, -0.2) is 0 Å². The van der Waals surface area contributed by atoms with Gasteiger partial charge in [0.05, 0.1) is 14.0 Å². The Morgan fingerprint density at radius 1 is 0.950 bits per heavy atom. The summed E-state index contributed by atoms with van der Waals surface area (Å²) in [6.07, 6.45) is 0. The van der Waals surface area contributed by atoms with Crippen molar-refractivity contribution in [3.8, 4) is 0 Å². The number of hydrogen-bond donors (Lipinski definition) is 0. The molecule has 0 aliphatic rings. The van der Waals surface area contributed by atoms with Gasteiger partial charge >= 0.3 is 0 Å². The van der Waals surface area contributed by atoms with Crippen LogP contribution in [0.15, 0.2) is 46.9 Å². The molecule has 1 unspecified atom stereocenters. The highest BCUT2D eigenvalue weighted by Gasteiger charge is 2.17. The van der Waals surface area contributed by atoms with Crippen LogP contribution in [0.2, 0.25) is 8.67 Å². The summed E-state index contributed by atoms with van der Waals surface area (Å²) < 4.78 is 2.36. The van der Waals surface area contributed by atoms with E-state index in [9.17, 15) is 0 Å². The summed E-state index contributed by atoms with van der Waals surface area (Å²) in [7, 11) is 0. The first-order chi connectivity index (χ1) is 9.54. The van der Waals surface area contributed by atoms with E-state index in [2.05, 4.69) is 40.2 Å². The van der Waals surface area contributed by atoms with Gasteiger partial charge in [-0.15, -0.1) is 22.9 Å². The highest BCUT2D eigenvalue weighted by molar-refractivity contribution is 9.10. The van der Waals surface area contributed by atoms with E-state index in [1.807, 2.05) is 18.2 Å². The molecule has 0 aliphatic heterocycles. The predicted molar refractivity (Wildman–Crippen MR) is 93.7 cm³/mol. The van der Waals surface area contributed by atoms with E-state index in [4.69, 9.17) is 34.8 Å². The third-order valence-electron chi connectivity index (χ3n) is 3.08. The summed E-state index contributed by atoms with van der Waals surface area (Å²) in [5, 5.41) is 2.02. The molecule has 1 aromatic heterocycles. The molecule has 2 aromatic carbocycles. The summed E-state index contributed by atoms with van der Waals surface area (Å²) in [5.74, 6) is 0. The Morgan fingerprint density at radius 2 is 1.65 bits per heavy atom. The molecule has 5 heteroatoms. The number of halogens is 4. The van der Waals surface area contributed by atoms with Crippen LogP contribution in [0.25, 0.3) is 10.8 Å². The van der Waals surface area contributed by atoms with Gasteiger partial charge in [0.25, 0.3) is 0 Å². The van der Waals surface area contributed by atoms with E-state index in [1.54, 1.807) is 0 Å². The highest BCUT2D eigenvalue weighted by Crippen LogP contribution is 2.41. The Kier molecular flexibility index (Phi) is 4.30. The quantitative estimate of drug-likeness (QED) is 0.392. The van der Waals surface area contributed by atoms with Gasteiger partial charge in [0, 0.05) is 10.0 Å². The molecule has 0 amide bonds. The first kappa shape index (κ1) is 14.7. The maximum Gasteiger partial charge on any atom is 0.0994 e. The van der Waals surface area contributed by atoms with Gasteiger partial charge in [0.1, 0.15) is 0 Å². The first-order valence-corrected chi connectivity index (χ1v) is 8.63. The Balaban J connectivity index is 2.05. The molecule has 0 fully saturated rings. The van der Waals surface area contributed by atoms with E-state index in [-0.39, 0.29) is 5.38 Å². The molecule has 0 aliphatic carbocycles. The topological polar surface area (TPSA) is 0 Å². The summed E-state index contributed by atoms with van der Waals surface area (Å²) in [6.45, 7) is 0. The molecule has 0 radical (unpaired) electrons. The van der Waals surface area contributed by atoms with E-state index < -0.39 is 0 Å². The van der Waals surface area contributed by atoms with Crippen molar-refractivity contribution in [3.63, 3.8) is 0 Å². The third kappa shape index (κ3) is 2.86.